The van der Waals surface area contributed by atoms with Crippen LogP contribution in [0.15, 0.2) is 71.6 Å². The molecule has 3 aromatic carbocycles. The van der Waals surface area contributed by atoms with E-state index in [0.717, 1.165) is 5.56 Å². The van der Waals surface area contributed by atoms with Crippen LogP contribution in [0.25, 0.3) is 10.8 Å². The minimum absolute atomic E-state index is 0.0612. The highest BCUT2D eigenvalue weighted by molar-refractivity contribution is 7.83. The van der Waals surface area contributed by atoms with Gasteiger partial charge in [-0.05, 0) is 35.4 Å². The summed E-state index contributed by atoms with van der Waals surface area (Å²) in [5.41, 5.74) is 1.01. The normalized spacial score (nSPS) is 14.4. The van der Waals surface area contributed by atoms with Crippen LogP contribution in [0.5, 0.6) is 0 Å². The van der Waals surface area contributed by atoms with E-state index in [-0.39, 0.29) is 5.56 Å². The Morgan fingerprint density at radius 1 is 0.920 bits per heavy atom. The Balaban J connectivity index is 2.00. The van der Waals surface area contributed by atoms with Gasteiger partial charge in [-0.15, -0.1) is 0 Å². The van der Waals surface area contributed by atoms with Crippen molar-refractivity contribution in [3.63, 3.8) is 0 Å². The van der Waals surface area contributed by atoms with E-state index < -0.39 is 23.2 Å². The molecule has 2 nitrogen and oxygen atoms in total. The van der Waals surface area contributed by atoms with Crippen LogP contribution in [-0.4, -0.2) is 10.4 Å². The van der Waals surface area contributed by atoms with Gasteiger partial charge in [-0.3, -0.25) is 0 Å². The molecule has 0 saturated carbocycles. The van der Waals surface area contributed by atoms with Gasteiger partial charge in [0.2, 0.25) is 0 Å². The number of rotatable bonds is 4. The summed E-state index contributed by atoms with van der Waals surface area (Å²) >= 11 is 0. The average Bonchev–Trinajstić information content (AvgIpc) is 2.59. The molecule has 0 fully saturated rings. The molecule has 0 radical (unpaired) electrons. The first-order valence-corrected chi connectivity index (χ1v) is 8.80. The molecule has 6 heteroatoms. The number of alkyl halides is 3. The predicted molar refractivity (Wildman–Crippen MR) is 93.5 cm³/mol. The number of benzene rings is 3. The second-order valence-electron chi connectivity index (χ2n) is 5.74. The van der Waals surface area contributed by atoms with Gasteiger partial charge in [0.05, 0.1) is 4.90 Å². The lowest BCUT2D eigenvalue weighted by atomic mass is 9.99. The first-order valence-electron chi connectivity index (χ1n) is 7.65. The SMILES string of the molecule is Cc1ccc([S@](=O)N[C@H](c2cccc3ccccc23)C(F)(F)F)cc1. The summed E-state index contributed by atoms with van der Waals surface area (Å²) in [6.07, 6.45) is -4.58. The molecule has 3 aromatic rings. The first-order chi connectivity index (χ1) is 11.9. The zero-order chi connectivity index (χ0) is 18.0. The maximum atomic E-state index is 13.7. The van der Waals surface area contributed by atoms with Crippen molar-refractivity contribution in [2.75, 3.05) is 0 Å². The molecule has 0 aliphatic carbocycles. The van der Waals surface area contributed by atoms with Crippen LogP contribution < -0.4 is 4.72 Å². The van der Waals surface area contributed by atoms with Crippen LogP contribution in [0.3, 0.4) is 0 Å². The summed E-state index contributed by atoms with van der Waals surface area (Å²) in [6, 6.07) is 16.1. The van der Waals surface area contributed by atoms with Gasteiger partial charge in [0.25, 0.3) is 0 Å². The number of halogens is 3. The third-order valence-corrected chi connectivity index (χ3v) is 5.07. The predicted octanol–water partition coefficient (Wildman–Crippen LogP) is 5.06. The molecule has 2 atom stereocenters. The van der Waals surface area contributed by atoms with Crippen LogP contribution in [-0.2, 0) is 11.0 Å². The minimum atomic E-state index is -4.58. The molecule has 0 bridgehead atoms. The highest BCUT2D eigenvalue weighted by atomic mass is 32.2. The second-order valence-corrected chi connectivity index (χ2v) is 6.99. The first kappa shape index (κ1) is 17.6. The third-order valence-electron chi connectivity index (χ3n) is 3.92. The lowest BCUT2D eigenvalue weighted by molar-refractivity contribution is -0.152. The van der Waals surface area contributed by atoms with E-state index in [1.807, 2.05) is 6.92 Å². The van der Waals surface area contributed by atoms with Crippen molar-refractivity contribution in [1.29, 1.82) is 0 Å². The van der Waals surface area contributed by atoms with Crippen molar-refractivity contribution in [1.82, 2.24) is 4.72 Å². The molecule has 0 unspecified atom stereocenters. The highest BCUT2D eigenvalue weighted by Crippen LogP contribution is 2.36. The molecular weight excluding hydrogens is 347 g/mol. The Morgan fingerprint density at radius 3 is 2.24 bits per heavy atom. The van der Waals surface area contributed by atoms with Gasteiger partial charge in [0.1, 0.15) is 17.0 Å². The molecule has 25 heavy (non-hydrogen) atoms. The Hall–Kier alpha value is -2.18. The van der Waals surface area contributed by atoms with Crippen LogP contribution in [0.1, 0.15) is 17.2 Å². The van der Waals surface area contributed by atoms with E-state index >= 15 is 0 Å². The van der Waals surface area contributed by atoms with Crippen molar-refractivity contribution >= 4 is 21.8 Å². The molecule has 130 valence electrons. The fourth-order valence-electron chi connectivity index (χ4n) is 2.65. The van der Waals surface area contributed by atoms with E-state index in [9.17, 15) is 17.4 Å². The summed E-state index contributed by atoms with van der Waals surface area (Å²) in [7, 11) is -1.98. The lowest BCUT2D eigenvalue weighted by Gasteiger charge is -2.23. The number of aryl methyl sites for hydroxylation is 1. The van der Waals surface area contributed by atoms with E-state index in [1.54, 1.807) is 60.7 Å². The molecule has 3 rings (SSSR count). The molecule has 0 amide bonds. The van der Waals surface area contributed by atoms with Crippen molar-refractivity contribution in [3.8, 4) is 0 Å². The maximum Gasteiger partial charge on any atom is 0.408 e. The largest absolute Gasteiger partial charge is 0.408 e. The zero-order valence-corrected chi connectivity index (χ0v) is 14.2. The third kappa shape index (κ3) is 3.91. The van der Waals surface area contributed by atoms with Crippen LogP contribution in [0.4, 0.5) is 13.2 Å². The summed E-state index contributed by atoms with van der Waals surface area (Å²) in [5.74, 6) is 0. The van der Waals surface area contributed by atoms with Gasteiger partial charge in [-0.2, -0.15) is 13.2 Å². The number of hydrogen-bond acceptors (Lipinski definition) is 1. The topological polar surface area (TPSA) is 29.1 Å². The number of nitrogens with one attached hydrogen (secondary N) is 1. The van der Waals surface area contributed by atoms with Gasteiger partial charge in [-0.1, -0.05) is 60.2 Å². The Bertz CT molecular complexity index is 901. The van der Waals surface area contributed by atoms with Crippen LogP contribution in [0, 0.1) is 6.92 Å². The van der Waals surface area contributed by atoms with Gasteiger partial charge in [-0.25, -0.2) is 8.93 Å². The Morgan fingerprint density at radius 2 is 1.56 bits per heavy atom. The molecule has 0 saturated heterocycles. The summed E-state index contributed by atoms with van der Waals surface area (Å²) in [5, 5.41) is 1.19. The molecule has 0 heterocycles. The Kier molecular flexibility index (Phi) is 4.92. The average molecular weight is 363 g/mol. The van der Waals surface area contributed by atoms with E-state index in [1.165, 1.54) is 6.07 Å². The number of fused-ring (bicyclic) bond motifs is 1. The van der Waals surface area contributed by atoms with E-state index in [2.05, 4.69) is 4.72 Å². The fraction of sp³-hybridized carbons (Fsp3) is 0.158. The molecule has 0 aliphatic rings. The molecule has 1 N–H and O–H groups in total. The summed E-state index contributed by atoms with van der Waals surface area (Å²) in [6.45, 7) is 1.86. The van der Waals surface area contributed by atoms with Crippen molar-refractivity contribution in [3.05, 3.63) is 77.9 Å². The maximum absolute atomic E-state index is 13.7. The fourth-order valence-corrected chi connectivity index (χ4v) is 3.64. The van der Waals surface area contributed by atoms with Crippen molar-refractivity contribution in [2.45, 2.75) is 24.0 Å². The molecule has 0 aromatic heterocycles. The van der Waals surface area contributed by atoms with Crippen LogP contribution in [0.2, 0.25) is 0 Å². The summed E-state index contributed by atoms with van der Waals surface area (Å²) < 4.78 is 55.7. The standard InChI is InChI=1S/C19H16F3NOS/c1-13-9-11-15(12-10-13)25(24)23-18(19(20,21)22)17-8-4-6-14-5-2-3-7-16(14)17/h2-12,18,23H,1H3/t18-,25+/m1/s1. The van der Waals surface area contributed by atoms with Crippen molar-refractivity contribution < 1.29 is 17.4 Å². The van der Waals surface area contributed by atoms with Gasteiger partial charge in [0, 0.05) is 0 Å². The smallest absolute Gasteiger partial charge is 0.237 e. The molecular formula is C19H16F3NOS. The summed E-state index contributed by atoms with van der Waals surface area (Å²) in [4.78, 5) is 0.306. The second kappa shape index (κ2) is 6.98. The zero-order valence-electron chi connectivity index (χ0n) is 13.4. The minimum Gasteiger partial charge on any atom is -0.237 e. The number of hydrogen-bond donors (Lipinski definition) is 1. The lowest BCUT2D eigenvalue weighted by Crippen LogP contribution is -2.35. The van der Waals surface area contributed by atoms with E-state index in [0.29, 0.717) is 15.7 Å². The van der Waals surface area contributed by atoms with Gasteiger partial charge in [0.15, 0.2) is 0 Å². The monoisotopic (exact) mass is 363 g/mol. The van der Waals surface area contributed by atoms with E-state index in [4.69, 9.17) is 0 Å². The van der Waals surface area contributed by atoms with Gasteiger partial charge >= 0.3 is 6.18 Å². The van der Waals surface area contributed by atoms with Gasteiger partial charge < -0.3 is 0 Å². The molecule has 0 spiro atoms. The van der Waals surface area contributed by atoms with Crippen LogP contribution >= 0.6 is 0 Å². The van der Waals surface area contributed by atoms with Crippen molar-refractivity contribution in [2.24, 2.45) is 0 Å². The molecule has 0 aliphatic heterocycles. The Labute approximate surface area is 146 Å². The quantitative estimate of drug-likeness (QED) is 0.689. The highest BCUT2D eigenvalue weighted by Gasteiger charge is 2.42.